The summed E-state index contributed by atoms with van der Waals surface area (Å²) in [5.41, 5.74) is 0. The summed E-state index contributed by atoms with van der Waals surface area (Å²) in [6, 6.07) is 0. The molecule has 0 fully saturated rings. The van der Waals surface area contributed by atoms with E-state index in [1.165, 1.54) is 64.6 Å². The van der Waals surface area contributed by atoms with Crippen LogP contribution in [0.5, 0.6) is 0 Å². The minimum atomic E-state index is 1.15. The summed E-state index contributed by atoms with van der Waals surface area (Å²) in [6.45, 7) is 0. The second-order valence-electron chi connectivity index (χ2n) is 9.44. The highest BCUT2D eigenvalue weighted by Crippen LogP contribution is 2.53. The van der Waals surface area contributed by atoms with Gasteiger partial charge < -0.3 is 13.3 Å². The van der Waals surface area contributed by atoms with Gasteiger partial charge in [0.1, 0.15) is 0 Å². The Balaban J connectivity index is 1.78. The maximum Gasteiger partial charge on any atom is 0.0988 e. The van der Waals surface area contributed by atoms with Gasteiger partial charge in [-0.2, -0.15) is 34.0 Å². The zero-order valence-corrected chi connectivity index (χ0v) is 20.8. The first-order chi connectivity index (χ1) is 17.9. The van der Waals surface area contributed by atoms with Crippen LogP contribution < -0.4 is 0 Å². The van der Waals surface area contributed by atoms with Crippen LogP contribution in [0.1, 0.15) is 0 Å². The van der Waals surface area contributed by atoms with Crippen LogP contribution in [-0.4, -0.2) is 0 Å². The normalized spacial score (nSPS) is 13.0. The lowest BCUT2D eigenvalue weighted by Crippen LogP contribution is -1.89. The minimum Gasteiger partial charge on any atom is -0.471 e. The van der Waals surface area contributed by atoms with Crippen LogP contribution in [0.25, 0.3) is 97.0 Å². The topological polar surface area (TPSA) is 39.4 Å². The van der Waals surface area contributed by atoms with E-state index in [4.69, 9.17) is 13.3 Å². The lowest BCUT2D eigenvalue weighted by Gasteiger charge is -2.16. The third kappa shape index (κ3) is 1.90. The molecule has 0 spiro atoms. The Morgan fingerprint density at radius 3 is 0.861 bits per heavy atom. The van der Waals surface area contributed by atoms with E-state index in [1.807, 2.05) is 37.6 Å². The Labute approximate surface area is 213 Å². The highest BCUT2D eigenvalue weighted by atomic mass is 32.1. The molecule has 0 atom stereocenters. The first-order valence-electron chi connectivity index (χ1n) is 11.5. The molecule has 0 saturated carbocycles. The molecule has 168 valence electrons. The molecule has 0 amide bonds. The molecule has 0 unspecified atom stereocenters. The van der Waals surface area contributed by atoms with E-state index in [-0.39, 0.29) is 0 Å². The maximum atomic E-state index is 5.88. The molecule has 0 aliphatic heterocycles. The van der Waals surface area contributed by atoms with Crippen molar-refractivity contribution in [3.05, 3.63) is 69.9 Å². The molecule has 36 heavy (non-hydrogen) atoms. The fraction of sp³-hybridized carbons (Fsp3) is 0. The van der Waals surface area contributed by atoms with Crippen LogP contribution >= 0.6 is 34.0 Å². The van der Waals surface area contributed by atoms with Gasteiger partial charge in [0, 0.05) is 97.0 Å². The summed E-state index contributed by atoms with van der Waals surface area (Å²) in [5, 5.41) is 35.7. The molecule has 10 rings (SSSR count). The highest BCUT2D eigenvalue weighted by molar-refractivity contribution is 7.10. The second kappa shape index (κ2) is 6.10. The van der Waals surface area contributed by atoms with Crippen molar-refractivity contribution >= 4 is 131 Å². The quantitative estimate of drug-likeness (QED) is 0.188. The van der Waals surface area contributed by atoms with Crippen LogP contribution in [0.2, 0.25) is 0 Å². The van der Waals surface area contributed by atoms with Gasteiger partial charge in [-0.3, -0.25) is 0 Å². The molecule has 0 radical (unpaired) electrons. The molecule has 0 aliphatic carbocycles. The maximum absolute atomic E-state index is 5.88. The molecule has 4 aromatic carbocycles. The average Bonchev–Trinajstić information content (AvgIpc) is 3.73. The summed E-state index contributed by atoms with van der Waals surface area (Å²) in [6.07, 6.45) is 11.5. The van der Waals surface area contributed by atoms with E-state index in [2.05, 4.69) is 32.3 Å². The average molecular weight is 517 g/mol. The molecule has 6 aromatic heterocycles. The van der Waals surface area contributed by atoms with Gasteiger partial charge in [0.05, 0.1) is 37.6 Å². The standard InChI is InChI=1S/C30H12O3S3/c1-13-16(4-31-1)25-28(22-10-34-7-19(13)22)26-17-5-32-2-14(17)21-9-36-12-24(21)30(26)27-18-6-33-3-15(18)20-8-35-11-23(20)29(25)27/h1-12H. The summed E-state index contributed by atoms with van der Waals surface area (Å²) in [5.74, 6) is 0. The number of hydrogen-bond acceptors (Lipinski definition) is 6. The van der Waals surface area contributed by atoms with Crippen LogP contribution in [0, 0.1) is 0 Å². The van der Waals surface area contributed by atoms with Crippen molar-refractivity contribution in [2.75, 3.05) is 0 Å². The molecule has 0 saturated heterocycles. The van der Waals surface area contributed by atoms with Gasteiger partial charge in [-0.05, 0) is 32.3 Å². The number of thiophene rings is 3. The minimum absolute atomic E-state index is 1.15. The SMILES string of the molecule is c1occ2c1c1cscc1c1c2c2c3cscc3c3cocc3c2c2c3cscc3c3cocc3c12. The van der Waals surface area contributed by atoms with Crippen molar-refractivity contribution in [1.29, 1.82) is 0 Å². The van der Waals surface area contributed by atoms with Gasteiger partial charge in [-0.25, -0.2) is 0 Å². The first kappa shape index (κ1) is 18.4. The van der Waals surface area contributed by atoms with Crippen LogP contribution in [0.3, 0.4) is 0 Å². The Morgan fingerprint density at radius 1 is 0.278 bits per heavy atom. The molecule has 10 aromatic rings. The fourth-order valence-electron chi connectivity index (χ4n) is 6.56. The monoisotopic (exact) mass is 516 g/mol. The Morgan fingerprint density at radius 2 is 0.528 bits per heavy atom. The molecule has 3 nitrogen and oxygen atoms in total. The smallest absolute Gasteiger partial charge is 0.0988 e. The number of furan rings is 3. The molecule has 0 aliphatic rings. The number of rotatable bonds is 0. The van der Waals surface area contributed by atoms with E-state index < -0.39 is 0 Å². The largest absolute Gasteiger partial charge is 0.471 e. The van der Waals surface area contributed by atoms with Gasteiger partial charge in [-0.1, -0.05) is 0 Å². The Bertz CT molecular complexity index is 2050. The zero-order valence-electron chi connectivity index (χ0n) is 18.4. The van der Waals surface area contributed by atoms with E-state index >= 15 is 0 Å². The van der Waals surface area contributed by atoms with Crippen molar-refractivity contribution in [3.63, 3.8) is 0 Å². The number of benzene rings is 4. The van der Waals surface area contributed by atoms with Crippen molar-refractivity contribution < 1.29 is 13.3 Å². The van der Waals surface area contributed by atoms with Gasteiger partial charge in [0.25, 0.3) is 0 Å². The van der Waals surface area contributed by atoms with Gasteiger partial charge >= 0.3 is 0 Å². The number of fused-ring (bicyclic) bond motifs is 21. The third-order valence-corrected chi connectivity index (χ3v) is 10.2. The third-order valence-electron chi connectivity index (χ3n) is 7.96. The lowest BCUT2D eigenvalue weighted by molar-refractivity contribution is 0.572. The summed E-state index contributed by atoms with van der Waals surface area (Å²) in [7, 11) is 0. The van der Waals surface area contributed by atoms with Crippen LogP contribution in [0.15, 0.2) is 83.1 Å². The first-order valence-corrected chi connectivity index (χ1v) is 14.4. The molecule has 6 heteroatoms. The van der Waals surface area contributed by atoms with Crippen LogP contribution in [-0.2, 0) is 0 Å². The summed E-state index contributed by atoms with van der Waals surface area (Å²) < 4.78 is 17.6. The summed E-state index contributed by atoms with van der Waals surface area (Å²) >= 11 is 5.24. The van der Waals surface area contributed by atoms with Crippen molar-refractivity contribution in [1.82, 2.24) is 0 Å². The van der Waals surface area contributed by atoms with Gasteiger partial charge in [0.2, 0.25) is 0 Å². The van der Waals surface area contributed by atoms with Crippen molar-refractivity contribution in [2.45, 2.75) is 0 Å². The van der Waals surface area contributed by atoms with Gasteiger partial charge in [-0.15, -0.1) is 0 Å². The Hall–Kier alpha value is -3.84. The predicted molar refractivity (Wildman–Crippen MR) is 154 cm³/mol. The molecule has 6 heterocycles. The molecular formula is C30H12O3S3. The summed E-state index contributed by atoms with van der Waals surface area (Å²) in [4.78, 5) is 0. The molecule has 0 N–H and O–H groups in total. The van der Waals surface area contributed by atoms with Crippen molar-refractivity contribution in [2.24, 2.45) is 0 Å². The van der Waals surface area contributed by atoms with E-state index in [0.29, 0.717) is 0 Å². The highest BCUT2D eigenvalue weighted by Gasteiger charge is 2.25. The van der Waals surface area contributed by atoms with E-state index in [9.17, 15) is 0 Å². The molecular weight excluding hydrogens is 505 g/mol. The second-order valence-corrected chi connectivity index (χ2v) is 11.7. The fourth-order valence-corrected chi connectivity index (χ4v) is 9.08. The van der Waals surface area contributed by atoms with E-state index in [1.54, 1.807) is 34.0 Å². The lowest BCUT2D eigenvalue weighted by atomic mass is 9.84. The zero-order chi connectivity index (χ0) is 23.1. The van der Waals surface area contributed by atoms with Crippen molar-refractivity contribution in [3.8, 4) is 0 Å². The van der Waals surface area contributed by atoms with Crippen LogP contribution in [0.4, 0.5) is 0 Å². The predicted octanol–water partition coefficient (Wildman–Crippen LogP) is 11.0. The Kier molecular flexibility index (Phi) is 3.12. The molecule has 0 bridgehead atoms. The van der Waals surface area contributed by atoms with E-state index in [0.717, 1.165) is 32.3 Å². The number of hydrogen-bond donors (Lipinski definition) is 0. The van der Waals surface area contributed by atoms with Gasteiger partial charge in [0.15, 0.2) is 0 Å².